The minimum Gasteiger partial charge on any atom is -0.350 e. The van der Waals surface area contributed by atoms with Crippen molar-refractivity contribution in [2.24, 2.45) is 0 Å². The molecule has 1 atom stereocenters. The van der Waals surface area contributed by atoms with E-state index >= 15 is 0 Å². The van der Waals surface area contributed by atoms with Gasteiger partial charge >= 0.3 is 0 Å². The molecule has 0 spiro atoms. The zero-order valence-corrected chi connectivity index (χ0v) is 12.5. The average Bonchev–Trinajstić information content (AvgIpc) is 2.88. The van der Waals surface area contributed by atoms with Crippen LogP contribution in [0.2, 0.25) is 0 Å². The molecule has 1 aromatic carbocycles. The summed E-state index contributed by atoms with van der Waals surface area (Å²) in [7, 11) is 1.99. The SMILES string of the molecule is CCCC(NC)c1ccn(Cc2cc(F)ccc2C)c1. The summed E-state index contributed by atoms with van der Waals surface area (Å²) < 4.78 is 15.4. The molecule has 3 heteroatoms. The first-order valence-corrected chi connectivity index (χ1v) is 7.22. The fourth-order valence-electron chi connectivity index (χ4n) is 2.54. The number of hydrogen-bond acceptors (Lipinski definition) is 1. The predicted octanol–water partition coefficient (Wildman–Crippen LogP) is 4.04. The maximum atomic E-state index is 13.3. The third-order valence-corrected chi connectivity index (χ3v) is 3.77. The van der Waals surface area contributed by atoms with Crippen LogP contribution in [-0.4, -0.2) is 11.6 Å². The van der Waals surface area contributed by atoms with Gasteiger partial charge in [-0.25, -0.2) is 4.39 Å². The number of benzene rings is 1. The molecule has 108 valence electrons. The quantitative estimate of drug-likeness (QED) is 0.841. The summed E-state index contributed by atoms with van der Waals surface area (Å²) in [6.07, 6.45) is 6.50. The molecule has 0 aliphatic carbocycles. The Bertz CT molecular complexity index is 560. The van der Waals surface area contributed by atoms with Crippen molar-refractivity contribution in [1.82, 2.24) is 9.88 Å². The highest BCUT2D eigenvalue weighted by Crippen LogP contribution is 2.19. The lowest BCUT2D eigenvalue weighted by Gasteiger charge is -2.13. The monoisotopic (exact) mass is 274 g/mol. The molecule has 20 heavy (non-hydrogen) atoms. The Morgan fingerprint density at radius 2 is 2.10 bits per heavy atom. The number of aromatic nitrogens is 1. The lowest BCUT2D eigenvalue weighted by Crippen LogP contribution is -2.15. The molecular formula is C17H23FN2. The topological polar surface area (TPSA) is 17.0 Å². The summed E-state index contributed by atoms with van der Waals surface area (Å²) in [5, 5.41) is 3.34. The van der Waals surface area contributed by atoms with Crippen LogP contribution in [0.25, 0.3) is 0 Å². The van der Waals surface area contributed by atoms with Gasteiger partial charge in [-0.05, 0) is 55.3 Å². The summed E-state index contributed by atoms with van der Waals surface area (Å²) in [4.78, 5) is 0. The predicted molar refractivity (Wildman–Crippen MR) is 81.4 cm³/mol. The van der Waals surface area contributed by atoms with Gasteiger partial charge in [0.25, 0.3) is 0 Å². The first-order valence-electron chi connectivity index (χ1n) is 7.22. The van der Waals surface area contributed by atoms with Gasteiger partial charge < -0.3 is 9.88 Å². The minimum absolute atomic E-state index is 0.169. The van der Waals surface area contributed by atoms with Crippen molar-refractivity contribution in [2.45, 2.75) is 39.3 Å². The molecule has 0 fully saturated rings. The summed E-state index contributed by atoms with van der Waals surface area (Å²) in [6.45, 7) is 4.93. The van der Waals surface area contributed by atoms with Crippen LogP contribution in [0.15, 0.2) is 36.7 Å². The molecule has 2 nitrogen and oxygen atoms in total. The van der Waals surface area contributed by atoms with Gasteiger partial charge in [-0.15, -0.1) is 0 Å². The standard InChI is InChI=1S/C17H23FN2/c1-4-5-17(19-3)14-8-9-20(11-14)12-15-10-16(18)7-6-13(15)2/h6-11,17,19H,4-5,12H2,1-3H3. The summed E-state index contributed by atoms with van der Waals surface area (Å²) >= 11 is 0. The van der Waals surface area contributed by atoms with Crippen molar-refractivity contribution in [1.29, 1.82) is 0 Å². The normalized spacial score (nSPS) is 12.6. The van der Waals surface area contributed by atoms with Gasteiger partial charge in [-0.2, -0.15) is 0 Å². The smallest absolute Gasteiger partial charge is 0.123 e. The number of rotatable bonds is 6. The van der Waals surface area contributed by atoms with Gasteiger partial charge in [-0.1, -0.05) is 19.4 Å². The van der Waals surface area contributed by atoms with Crippen molar-refractivity contribution in [2.75, 3.05) is 7.05 Å². The van der Waals surface area contributed by atoms with Gasteiger partial charge in [0.2, 0.25) is 0 Å². The molecule has 0 bridgehead atoms. The molecule has 1 unspecified atom stereocenters. The van der Waals surface area contributed by atoms with E-state index in [2.05, 4.69) is 35.3 Å². The van der Waals surface area contributed by atoms with E-state index in [1.807, 2.05) is 20.0 Å². The molecule has 0 saturated heterocycles. The van der Waals surface area contributed by atoms with Crippen LogP contribution in [0.1, 0.15) is 42.5 Å². The van der Waals surface area contributed by atoms with E-state index in [4.69, 9.17) is 0 Å². The fraction of sp³-hybridized carbons (Fsp3) is 0.412. The van der Waals surface area contributed by atoms with Crippen molar-refractivity contribution in [3.8, 4) is 0 Å². The summed E-state index contributed by atoms with van der Waals surface area (Å²) in [5.74, 6) is -0.169. The summed E-state index contributed by atoms with van der Waals surface area (Å²) in [6, 6.07) is 7.51. The number of nitrogens with zero attached hydrogens (tertiary/aromatic N) is 1. The van der Waals surface area contributed by atoms with Crippen LogP contribution in [0.4, 0.5) is 4.39 Å². The van der Waals surface area contributed by atoms with E-state index in [-0.39, 0.29) is 5.82 Å². The number of nitrogens with one attached hydrogen (secondary N) is 1. The van der Waals surface area contributed by atoms with Gasteiger partial charge in [-0.3, -0.25) is 0 Å². The Morgan fingerprint density at radius 1 is 1.30 bits per heavy atom. The van der Waals surface area contributed by atoms with Gasteiger partial charge in [0, 0.05) is 25.0 Å². The Hall–Kier alpha value is -1.61. The van der Waals surface area contributed by atoms with Crippen LogP contribution in [0, 0.1) is 12.7 Å². The zero-order chi connectivity index (χ0) is 14.5. The van der Waals surface area contributed by atoms with Crippen molar-refractivity contribution in [3.05, 3.63) is 59.2 Å². The molecule has 0 amide bonds. The molecule has 0 aliphatic heterocycles. The molecule has 1 N–H and O–H groups in total. The van der Waals surface area contributed by atoms with E-state index < -0.39 is 0 Å². The minimum atomic E-state index is -0.169. The van der Waals surface area contributed by atoms with E-state index in [1.54, 1.807) is 6.07 Å². The first kappa shape index (κ1) is 14.8. The highest BCUT2D eigenvalue weighted by atomic mass is 19.1. The first-order chi connectivity index (χ1) is 9.63. The maximum absolute atomic E-state index is 13.3. The Morgan fingerprint density at radius 3 is 2.80 bits per heavy atom. The molecule has 0 aliphatic rings. The molecule has 1 heterocycles. The molecule has 1 aromatic heterocycles. The second-order valence-corrected chi connectivity index (χ2v) is 5.32. The molecule has 0 saturated carbocycles. The van der Waals surface area contributed by atoms with Crippen LogP contribution >= 0.6 is 0 Å². The van der Waals surface area contributed by atoms with E-state index in [1.165, 1.54) is 11.6 Å². The molecule has 2 rings (SSSR count). The number of halogens is 1. The summed E-state index contributed by atoms with van der Waals surface area (Å²) in [5.41, 5.74) is 3.45. The average molecular weight is 274 g/mol. The third-order valence-electron chi connectivity index (χ3n) is 3.77. The Kier molecular flexibility index (Phi) is 4.96. The van der Waals surface area contributed by atoms with E-state index in [0.29, 0.717) is 12.6 Å². The van der Waals surface area contributed by atoms with Crippen molar-refractivity contribution in [3.63, 3.8) is 0 Å². The maximum Gasteiger partial charge on any atom is 0.123 e. The van der Waals surface area contributed by atoms with Crippen molar-refractivity contribution < 1.29 is 4.39 Å². The lowest BCUT2D eigenvalue weighted by atomic mass is 10.1. The fourth-order valence-corrected chi connectivity index (χ4v) is 2.54. The third kappa shape index (κ3) is 3.48. The number of hydrogen-bond donors (Lipinski definition) is 1. The van der Waals surface area contributed by atoms with Crippen LogP contribution < -0.4 is 5.32 Å². The molecule has 0 radical (unpaired) electrons. The highest BCUT2D eigenvalue weighted by Gasteiger charge is 2.10. The Balaban J connectivity index is 2.14. The molecular weight excluding hydrogens is 251 g/mol. The van der Waals surface area contributed by atoms with E-state index in [9.17, 15) is 4.39 Å². The van der Waals surface area contributed by atoms with Gasteiger partial charge in [0.15, 0.2) is 0 Å². The van der Waals surface area contributed by atoms with Crippen LogP contribution in [-0.2, 0) is 6.54 Å². The highest BCUT2D eigenvalue weighted by molar-refractivity contribution is 5.27. The van der Waals surface area contributed by atoms with Crippen molar-refractivity contribution >= 4 is 0 Å². The van der Waals surface area contributed by atoms with Gasteiger partial charge in [0.1, 0.15) is 5.82 Å². The van der Waals surface area contributed by atoms with E-state index in [0.717, 1.165) is 24.0 Å². The second kappa shape index (κ2) is 6.71. The Labute approximate surface area is 120 Å². The van der Waals surface area contributed by atoms with Crippen LogP contribution in [0.3, 0.4) is 0 Å². The van der Waals surface area contributed by atoms with Crippen LogP contribution in [0.5, 0.6) is 0 Å². The zero-order valence-electron chi connectivity index (χ0n) is 12.5. The largest absolute Gasteiger partial charge is 0.350 e. The molecule has 2 aromatic rings. The number of aryl methyl sites for hydroxylation is 1. The van der Waals surface area contributed by atoms with Gasteiger partial charge in [0.05, 0.1) is 0 Å². The lowest BCUT2D eigenvalue weighted by molar-refractivity contribution is 0.540. The second-order valence-electron chi connectivity index (χ2n) is 5.32.